The number of hydrogen-bond donors (Lipinski definition) is 1. The number of methoxy groups -OCH3 is 1. The highest BCUT2D eigenvalue weighted by Gasteiger charge is 2.42. The predicted molar refractivity (Wildman–Crippen MR) is 94.1 cm³/mol. The van der Waals surface area contributed by atoms with Crippen LogP contribution in [0.4, 0.5) is 0 Å². The maximum Gasteiger partial charge on any atom is 0.336 e. The molecule has 2 heterocycles. The largest absolute Gasteiger partial charge is 0.466 e. The van der Waals surface area contributed by atoms with E-state index in [1.54, 1.807) is 19.1 Å². The van der Waals surface area contributed by atoms with Gasteiger partial charge in [-0.25, -0.2) is 4.79 Å². The first kappa shape index (κ1) is 18.0. The average Bonchev–Trinajstić information content (AvgIpc) is 3.10. The number of amides is 1. The number of nitrogens with one attached hydrogen (secondary N) is 1. The number of ether oxygens (including phenoxy) is 2. The summed E-state index contributed by atoms with van der Waals surface area (Å²) in [6, 6.07) is 7.28. The van der Waals surface area contributed by atoms with Gasteiger partial charge >= 0.3 is 5.97 Å². The monoisotopic (exact) mass is 363 g/mol. The van der Waals surface area contributed by atoms with E-state index >= 15 is 0 Å². The third-order valence-corrected chi connectivity index (χ3v) is 5.19. The third-order valence-electron chi connectivity index (χ3n) is 4.94. The fraction of sp³-hybridized carbons (Fsp3) is 0.474. The van der Waals surface area contributed by atoms with E-state index in [1.165, 1.54) is 7.11 Å². The van der Waals surface area contributed by atoms with Crippen molar-refractivity contribution in [2.75, 3.05) is 13.7 Å². The summed E-state index contributed by atoms with van der Waals surface area (Å²) in [4.78, 5) is 25.1. The van der Waals surface area contributed by atoms with Gasteiger partial charge in [0, 0.05) is 23.2 Å². The van der Waals surface area contributed by atoms with Crippen LogP contribution in [0, 0.1) is 5.92 Å². The molecular formula is C19H22ClNO4. The summed E-state index contributed by atoms with van der Waals surface area (Å²) in [7, 11) is 1.35. The molecular weight excluding hydrogens is 342 g/mol. The average molecular weight is 364 g/mol. The summed E-state index contributed by atoms with van der Waals surface area (Å²) >= 11 is 6.01. The van der Waals surface area contributed by atoms with E-state index in [4.69, 9.17) is 21.1 Å². The molecule has 5 nitrogen and oxygen atoms in total. The highest BCUT2D eigenvalue weighted by molar-refractivity contribution is 6.30. The van der Waals surface area contributed by atoms with Crippen molar-refractivity contribution in [1.82, 2.24) is 5.32 Å². The van der Waals surface area contributed by atoms with E-state index < -0.39 is 5.97 Å². The van der Waals surface area contributed by atoms with Gasteiger partial charge in [0.2, 0.25) is 5.91 Å². The van der Waals surface area contributed by atoms with Gasteiger partial charge in [-0.05, 0) is 43.9 Å². The van der Waals surface area contributed by atoms with E-state index in [0.717, 1.165) is 25.0 Å². The lowest BCUT2D eigenvalue weighted by molar-refractivity contribution is -0.137. The number of rotatable bonds is 4. The predicted octanol–water partition coefficient (Wildman–Crippen LogP) is 3.19. The van der Waals surface area contributed by atoms with E-state index in [2.05, 4.69) is 5.32 Å². The number of carbonyl (C=O) groups is 2. The van der Waals surface area contributed by atoms with Crippen LogP contribution in [0.25, 0.3) is 0 Å². The van der Waals surface area contributed by atoms with Crippen LogP contribution in [0.15, 0.2) is 35.5 Å². The quantitative estimate of drug-likeness (QED) is 0.834. The Hall–Kier alpha value is -1.85. The number of esters is 1. The van der Waals surface area contributed by atoms with Crippen LogP contribution in [-0.4, -0.2) is 31.7 Å². The molecule has 0 aliphatic carbocycles. The lowest BCUT2D eigenvalue weighted by atomic mass is 9.74. The van der Waals surface area contributed by atoms with Crippen molar-refractivity contribution in [3.8, 4) is 0 Å². The normalized spacial score (nSPS) is 26.5. The summed E-state index contributed by atoms with van der Waals surface area (Å²) in [6.07, 6.45) is 2.56. The summed E-state index contributed by atoms with van der Waals surface area (Å²) in [5.74, 6) is -1.26. The molecule has 1 aromatic rings. The first-order valence-electron chi connectivity index (χ1n) is 8.48. The molecule has 2 aliphatic rings. The Balaban J connectivity index is 2.03. The number of benzene rings is 1. The number of halogens is 1. The molecule has 1 unspecified atom stereocenters. The minimum atomic E-state index is -0.421. The molecule has 0 radical (unpaired) electrons. The summed E-state index contributed by atoms with van der Waals surface area (Å²) in [5, 5.41) is 3.45. The van der Waals surface area contributed by atoms with E-state index in [9.17, 15) is 9.59 Å². The van der Waals surface area contributed by atoms with Gasteiger partial charge in [0.1, 0.15) is 0 Å². The second-order valence-corrected chi connectivity index (χ2v) is 6.96. The molecule has 1 aromatic carbocycles. The van der Waals surface area contributed by atoms with Gasteiger partial charge in [0.05, 0.1) is 24.7 Å². The van der Waals surface area contributed by atoms with Gasteiger partial charge in [0.25, 0.3) is 0 Å². The first-order chi connectivity index (χ1) is 12.0. The number of allylic oxidation sites excluding steroid dienone is 1. The third kappa shape index (κ3) is 3.72. The van der Waals surface area contributed by atoms with Gasteiger partial charge in [-0.3, -0.25) is 4.79 Å². The Morgan fingerprint density at radius 1 is 1.36 bits per heavy atom. The Labute approximate surface area is 152 Å². The van der Waals surface area contributed by atoms with Gasteiger partial charge in [-0.2, -0.15) is 0 Å². The molecule has 1 fully saturated rings. The van der Waals surface area contributed by atoms with Crippen LogP contribution >= 0.6 is 11.6 Å². The van der Waals surface area contributed by atoms with Crippen molar-refractivity contribution in [2.45, 2.75) is 38.2 Å². The Bertz CT molecular complexity index is 692. The van der Waals surface area contributed by atoms with Gasteiger partial charge < -0.3 is 14.8 Å². The van der Waals surface area contributed by atoms with Gasteiger partial charge in [0.15, 0.2) is 0 Å². The first-order valence-corrected chi connectivity index (χ1v) is 8.86. The lowest BCUT2D eigenvalue weighted by Crippen LogP contribution is -2.43. The van der Waals surface area contributed by atoms with Crippen molar-refractivity contribution in [2.24, 2.45) is 5.92 Å². The molecule has 134 valence electrons. The zero-order chi connectivity index (χ0) is 18.0. The molecule has 2 aliphatic heterocycles. The molecule has 1 amide bonds. The van der Waals surface area contributed by atoms with Crippen LogP contribution < -0.4 is 5.32 Å². The van der Waals surface area contributed by atoms with Gasteiger partial charge in [-0.15, -0.1) is 0 Å². The lowest BCUT2D eigenvalue weighted by Gasteiger charge is -2.34. The molecule has 0 saturated carbocycles. The van der Waals surface area contributed by atoms with Crippen molar-refractivity contribution in [1.29, 1.82) is 0 Å². The molecule has 0 bridgehead atoms. The molecule has 3 atom stereocenters. The number of carbonyl (C=O) groups excluding carboxylic acids is 2. The van der Waals surface area contributed by atoms with Crippen LogP contribution in [0.1, 0.15) is 37.7 Å². The molecule has 1 saturated heterocycles. The number of hydrogen-bond acceptors (Lipinski definition) is 4. The van der Waals surface area contributed by atoms with E-state index in [1.807, 2.05) is 12.1 Å². The van der Waals surface area contributed by atoms with Crippen LogP contribution in [0.5, 0.6) is 0 Å². The Kier molecular flexibility index (Phi) is 5.45. The molecule has 3 rings (SSSR count). The fourth-order valence-electron chi connectivity index (χ4n) is 3.75. The highest BCUT2D eigenvalue weighted by atomic mass is 35.5. The second-order valence-electron chi connectivity index (χ2n) is 6.53. The zero-order valence-electron chi connectivity index (χ0n) is 14.4. The van der Waals surface area contributed by atoms with Crippen LogP contribution in [0.3, 0.4) is 0 Å². The minimum absolute atomic E-state index is 0.0443. The Morgan fingerprint density at radius 2 is 2.08 bits per heavy atom. The minimum Gasteiger partial charge on any atom is -0.466 e. The van der Waals surface area contributed by atoms with Crippen LogP contribution in [-0.2, 0) is 19.1 Å². The smallest absolute Gasteiger partial charge is 0.336 e. The van der Waals surface area contributed by atoms with Crippen molar-refractivity contribution >= 4 is 23.5 Å². The van der Waals surface area contributed by atoms with E-state index in [-0.39, 0.29) is 23.8 Å². The molecule has 0 aromatic heterocycles. The molecule has 6 heteroatoms. The topological polar surface area (TPSA) is 64.6 Å². The fourth-order valence-corrected chi connectivity index (χ4v) is 3.87. The summed E-state index contributed by atoms with van der Waals surface area (Å²) in [5.41, 5.74) is 1.91. The standard InChI is InChI=1S/C19H22ClNO4/c1-11-16(19(23)24-2)17(12-5-7-13(20)8-6-12)15(18(22)21-11)10-14-4-3-9-25-14/h5-8,14-15,17H,3-4,9-10H2,1-2H3,(H,21,22)/t14-,15?,17-/m1/s1. The molecule has 25 heavy (non-hydrogen) atoms. The van der Waals surface area contributed by atoms with Crippen molar-refractivity contribution < 1.29 is 19.1 Å². The van der Waals surface area contributed by atoms with Crippen LogP contribution in [0.2, 0.25) is 5.02 Å². The zero-order valence-corrected chi connectivity index (χ0v) is 15.1. The van der Waals surface area contributed by atoms with E-state index in [0.29, 0.717) is 22.7 Å². The summed E-state index contributed by atoms with van der Waals surface area (Å²) < 4.78 is 10.7. The summed E-state index contributed by atoms with van der Waals surface area (Å²) in [6.45, 7) is 2.46. The highest BCUT2D eigenvalue weighted by Crippen LogP contribution is 2.41. The van der Waals surface area contributed by atoms with Crippen molar-refractivity contribution in [3.05, 3.63) is 46.1 Å². The van der Waals surface area contributed by atoms with Crippen molar-refractivity contribution in [3.63, 3.8) is 0 Å². The second kappa shape index (κ2) is 7.58. The molecule has 0 spiro atoms. The maximum absolute atomic E-state index is 12.7. The SMILES string of the molecule is COC(=O)C1=C(C)NC(=O)C(C[C@H]2CCCO2)[C@H]1c1ccc(Cl)cc1. The maximum atomic E-state index is 12.7. The van der Waals surface area contributed by atoms with Gasteiger partial charge in [-0.1, -0.05) is 23.7 Å². The molecule has 1 N–H and O–H groups in total. The Morgan fingerprint density at radius 3 is 2.68 bits per heavy atom.